The molecule has 3 nitrogen and oxygen atoms in total. The van der Waals surface area contributed by atoms with Gasteiger partial charge in [0.05, 0.1) is 6.04 Å². The van der Waals surface area contributed by atoms with Crippen molar-refractivity contribution in [1.82, 2.24) is 4.90 Å². The highest BCUT2D eigenvalue weighted by atomic mass is 35.5. The molecule has 19 heavy (non-hydrogen) atoms. The lowest BCUT2D eigenvalue weighted by Gasteiger charge is -2.26. The number of hydrogen-bond acceptors (Lipinski definition) is 3. The zero-order valence-corrected chi connectivity index (χ0v) is 12.0. The van der Waals surface area contributed by atoms with Gasteiger partial charge in [-0.05, 0) is 57.1 Å². The minimum Gasteiger partial charge on any atom is -0.492 e. The van der Waals surface area contributed by atoms with Gasteiger partial charge in [-0.2, -0.15) is 0 Å². The van der Waals surface area contributed by atoms with Crippen LogP contribution in [0.3, 0.4) is 0 Å². The molecule has 1 aromatic rings. The fraction of sp³-hybridized carbons (Fsp3) is 0.533. The van der Waals surface area contributed by atoms with Crippen LogP contribution in [0, 0.1) is 0 Å². The van der Waals surface area contributed by atoms with Gasteiger partial charge in [0, 0.05) is 11.4 Å². The van der Waals surface area contributed by atoms with Crippen LogP contribution in [0.1, 0.15) is 26.2 Å². The maximum absolute atomic E-state index is 11.4. The summed E-state index contributed by atoms with van der Waals surface area (Å²) in [5, 5.41) is 0.701. The lowest BCUT2D eigenvalue weighted by molar-refractivity contribution is -0.118. The molecule has 1 unspecified atom stereocenters. The number of nitrogens with zero attached hydrogens (tertiary/aromatic N) is 1. The van der Waals surface area contributed by atoms with Crippen LogP contribution in [0.15, 0.2) is 24.3 Å². The number of Topliss-reactive ketones (excluding diaryl/α,β-unsaturated/α-hetero) is 1. The molecule has 1 fully saturated rings. The minimum absolute atomic E-state index is 0.190. The van der Waals surface area contributed by atoms with Gasteiger partial charge in [0.25, 0.3) is 0 Å². The van der Waals surface area contributed by atoms with E-state index in [1.807, 2.05) is 24.3 Å². The standard InChI is InChI=1S/C15H20ClNO2/c1-12(18)10-14(17-8-2-3-9-17)11-19-15-6-4-13(16)5-7-15/h4-7,14H,2-3,8-11H2,1H3. The first-order valence-corrected chi connectivity index (χ1v) is 7.15. The van der Waals surface area contributed by atoms with E-state index in [4.69, 9.17) is 16.3 Å². The van der Waals surface area contributed by atoms with Crippen molar-refractivity contribution in [3.8, 4) is 5.75 Å². The van der Waals surface area contributed by atoms with Crippen LogP contribution in [-0.4, -0.2) is 36.4 Å². The molecular formula is C15H20ClNO2. The number of rotatable bonds is 6. The van der Waals surface area contributed by atoms with Gasteiger partial charge in [0.15, 0.2) is 0 Å². The molecule has 2 rings (SSSR count). The van der Waals surface area contributed by atoms with Gasteiger partial charge >= 0.3 is 0 Å². The summed E-state index contributed by atoms with van der Waals surface area (Å²) in [6, 6.07) is 7.53. The third-order valence-electron chi connectivity index (χ3n) is 3.44. The Balaban J connectivity index is 1.91. The molecule has 0 radical (unpaired) electrons. The summed E-state index contributed by atoms with van der Waals surface area (Å²) in [4.78, 5) is 13.7. The fourth-order valence-electron chi connectivity index (χ4n) is 2.46. The van der Waals surface area contributed by atoms with Crippen molar-refractivity contribution in [3.63, 3.8) is 0 Å². The molecule has 1 saturated heterocycles. The predicted molar refractivity (Wildman–Crippen MR) is 76.8 cm³/mol. The molecule has 0 saturated carbocycles. The Kier molecular flexibility index (Phi) is 5.23. The first-order valence-electron chi connectivity index (χ1n) is 6.77. The number of likely N-dealkylation sites (tertiary alicyclic amines) is 1. The van der Waals surface area contributed by atoms with Crippen LogP contribution in [0.4, 0.5) is 0 Å². The third kappa shape index (κ3) is 4.51. The van der Waals surface area contributed by atoms with Crippen molar-refractivity contribution in [2.45, 2.75) is 32.2 Å². The maximum atomic E-state index is 11.4. The number of ketones is 1. The first kappa shape index (κ1) is 14.4. The van der Waals surface area contributed by atoms with Crippen LogP contribution in [0.5, 0.6) is 5.75 Å². The van der Waals surface area contributed by atoms with Gasteiger partial charge in [-0.25, -0.2) is 0 Å². The largest absolute Gasteiger partial charge is 0.492 e. The Bertz CT molecular complexity index is 413. The molecule has 0 amide bonds. The highest BCUT2D eigenvalue weighted by Gasteiger charge is 2.23. The molecule has 1 atom stereocenters. The predicted octanol–water partition coefficient (Wildman–Crippen LogP) is 3.16. The average Bonchev–Trinajstić information content (AvgIpc) is 2.90. The molecule has 0 bridgehead atoms. The summed E-state index contributed by atoms with van der Waals surface area (Å²) in [6.07, 6.45) is 3.00. The Morgan fingerprint density at radius 1 is 1.32 bits per heavy atom. The van der Waals surface area contributed by atoms with Gasteiger partial charge < -0.3 is 4.74 Å². The van der Waals surface area contributed by atoms with Crippen LogP contribution in [-0.2, 0) is 4.79 Å². The van der Waals surface area contributed by atoms with Crippen molar-refractivity contribution in [1.29, 1.82) is 0 Å². The van der Waals surface area contributed by atoms with Gasteiger partial charge in [-0.1, -0.05) is 11.6 Å². The van der Waals surface area contributed by atoms with Crippen LogP contribution < -0.4 is 4.74 Å². The number of carbonyl (C=O) groups excluding carboxylic acids is 1. The van der Waals surface area contributed by atoms with Gasteiger partial charge in [-0.15, -0.1) is 0 Å². The van der Waals surface area contributed by atoms with Gasteiger partial charge in [0.2, 0.25) is 0 Å². The van der Waals surface area contributed by atoms with E-state index in [0.717, 1.165) is 18.8 Å². The quantitative estimate of drug-likeness (QED) is 0.802. The van der Waals surface area contributed by atoms with E-state index in [1.165, 1.54) is 12.8 Å². The zero-order valence-electron chi connectivity index (χ0n) is 11.3. The van der Waals surface area contributed by atoms with E-state index in [-0.39, 0.29) is 11.8 Å². The average molecular weight is 282 g/mol. The van der Waals surface area contributed by atoms with Gasteiger partial charge in [0.1, 0.15) is 18.1 Å². The summed E-state index contributed by atoms with van der Waals surface area (Å²) >= 11 is 5.84. The Morgan fingerprint density at radius 3 is 2.53 bits per heavy atom. The van der Waals surface area contributed by atoms with Crippen LogP contribution in [0.2, 0.25) is 5.02 Å². The highest BCUT2D eigenvalue weighted by molar-refractivity contribution is 6.30. The SMILES string of the molecule is CC(=O)CC(COc1ccc(Cl)cc1)N1CCCC1. The topological polar surface area (TPSA) is 29.5 Å². The molecule has 0 N–H and O–H groups in total. The van der Waals surface area contributed by atoms with Gasteiger partial charge in [-0.3, -0.25) is 9.69 Å². The second-order valence-electron chi connectivity index (χ2n) is 5.07. The van der Waals surface area contributed by atoms with Crippen molar-refractivity contribution < 1.29 is 9.53 Å². The zero-order chi connectivity index (χ0) is 13.7. The maximum Gasteiger partial charge on any atom is 0.131 e. The van der Waals surface area contributed by atoms with Crippen LogP contribution in [0.25, 0.3) is 0 Å². The number of carbonyl (C=O) groups is 1. The highest BCUT2D eigenvalue weighted by Crippen LogP contribution is 2.19. The molecule has 1 aromatic carbocycles. The molecule has 104 valence electrons. The van der Waals surface area contributed by atoms with E-state index in [9.17, 15) is 4.79 Å². The third-order valence-corrected chi connectivity index (χ3v) is 3.69. The fourth-order valence-corrected chi connectivity index (χ4v) is 2.58. The Morgan fingerprint density at radius 2 is 1.95 bits per heavy atom. The molecule has 1 heterocycles. The number of hydrogen-bond donors (Lipinski definition) is 0. The Labute approximate surface area is 119 Å². The summed E-state index contributed by atoms with van der Waals surface area (Å²) in [6.45, 7) is 4.34. The van der Waals surface area contributed by atoms with E-state index >= 15 is 0 Å². The number of ether oxygens (including phenoxy) is 1. The monoisotopic (exact) mass is 281 g/mol. The molecule has 1 aliphatic rings. The van der Waals surface area contributed by atoms with Crippen molar-refractivity contribution in [2.24, 2.45) is 0 Å². The van der Waals surface area contributed by atoms with Crippen molar-refractivity contribution >= 4 is 17.4 Å². The second-order valence-corrected chi connectivity index (χ2v) is 5.50. The smallest absolute Gasteiger partial charge is 0.131 e. The van der Waals surface area contributed by atoms with E-state index in [2.05, 4.69) is 4.90 Å². The molecule has 0 aliphatic carbocycles. The summed E-state index contributed by atoms with van der Waals surface area (Å²) in [5.74, 6) is 1.02. The van der Waals surface area contributed by atoms with Crippen molar-refractivity contribution in [3.05, 3.63) is 29.3 Å². The summed E-state index contributed by atoms with van der Waals surface area (Å²) in [5.41, 5.74) is 0. The minimum atomic E-state index is 0.190. The van der Waals surface area contributed by atoms with E-state index in [1.54, 1.807) is 6.92 Å². The first-order chi connectivity index (χ1) is 9.15. The molecule has 4 heteroatoms. The van der Waals surface area contributed by atoms with Crippen molar-refractivity contribution in [2.75, 3.05) is 19.7 Å². The lowest BCUT2D eigenvalue weighted by Crippen LogP contribution is -2.38. The molecular weight excluding hydrogens is 262 g/mol. The lowest BCUT2D eigenvalue weighted by atomic mass is 10.1. The summed E-state index contributed by atoms with van der Waals surface area (Å²) < 4.78 is 5.78. The number of benzene rings is 1. The summed E-state index contributed by atoms with van der Waals surface area (Å²) in [7, 11) is 0. The van der Waals surface area contributed by atoms with E-state index in [0.29, 0.717) is 18.1 Å². The number of halogens is 1. The van der Waals surface area contributed by atoms with E-state index < -0.39 is 0 Å². The Hall–Kier alpha value is -1.06. The second kappa shape index (κ2) is 6.92. The molecule has 0 spiro atoms. The van der Waals surface area contributed by atoms with Crippen LogP contribution >= 0.6 is 11.6 Å². The molecule has 0 aromatic heterocycles. The molecule has 1 aliphatic heterocycles. The normalized spacial score (nSPS) is 17.4.